The highest BCUT2D eigenvalue weighted by molar-refractivity contribution is 7.26. The summed E-state index contributed by atoms with van der Waals surface area (Å²) in [5.74, 6) is 0. The molecule has 0 bridgehead atoms. The van der Waals surface area contributed by atoms with Crippen molar-refractivity contribution < 1.29 is 0 Å². The lowest BCUT2D eigenvalue weighted by Crippen LogP contribution is -2.28. The van der Waals surface area contributed by atoms with Crippen LogP contribution in [0.4, 0.5) is 17.1 Å². The van der Waals surface area contributed by atoms with Gasteiger partial charge in [0.15, 0.2) is 0 Å². The summed E-state index contributed by atoms with van der Waals surface area (Å²) in [7, 11) is 0. The van der Waals surface area contributed by atoms with E-state index in [1.165, 1.54) is 97.0 Å². The first kappa shape index (κ1) is 35.9. The van der Waals surface area contributed by atoms with E-state index in [0.29, 0.717) is 0 Å². The Labute approximate surface area is 370 Å². The number of thiophene rings is 1. The minimum absolute atomic E-state index is 0.461. The van der Waals surface area contributed by atoms with Crippen LogP contribution in [0.1, 0.15) is 22.3 Å². The molecule has 11 aromatic carbocycles. The van der Waals surface area contributed by atoms with Gasteiger partial charge in [-0.05, 0) is 120 Å². The lowest BCUT2D eigenvalue weighted by Gasteiger charge is -2.34. The molecule has 1 aliphatic rings. The second-order valence-electron chi connectivity index (χ2n) is 16.8. The fourth-order valence-corrected chi connectivity index (χ4v) is 11.9. The van der Waals surface area contributed by atoms with Gasteiger partial charge in [0.1, 0.15) is 0 Å². The van der Waals surface area contributed by atoms with Gasteiger partial charge in [-0.2, -0.15) is 0 Å². The molecule has 1 aliphatic carbocycles. The fraction of sp³-hybridized carbons (Fsp3) is 0.0164. The molecule has 0 saturated carbocycles. The van der Waals surface area contributed by atoms with E-state index in [4.69, 9.17) is 0 Å². The minimum atomic E-state index is -0.461. The van der Waals surface area contributed by atoms with E-state index < -0.39 is 5.41 Å². The first-order chi connectivity index (χ1) is 31.2. The van der Waals surface area contributed by atoms with Gasteiger partial charge in [0.25, 0.3) is 0 Å². The van der Waals surface area contributed by atoms with Crippen molar-refractivity contribution in [3.8, 4) is 22.3 Å². The Hall–Kier alpha value is -7.78. The molecule has 0 spiro atoms. The second kappa shape index (κ2) is 14.1. The quantitative estimate of drug-likeness (QED) is 0.162. The number of fused-ring (bicyclic) bond motifs is 10. The van der Waals surface area contributed by atoms with Gasteiger partial charge in [0.05, 0.1) is 5.41 Å². The van der Waals surface area contributed by atoms with Crippen LogP contribution in [0.25, 0.3) is 74.7 Å². The van der Waals surface area contributed by atoms with Gasteiger partial charge in [0.2, 0.25) is 0 Å². The molecule has 294 valence electrons. The lowest BCUT2D eigenvalue weighted by molar-refractivity contribution is 0.769. The Kier molecular flexibility index (Phi) is 8.06. The zero-order valence-corrected chi connectivity index (χ0v) is 35.2. The summed E-state index contributed by atoms with van der Waals surface area (Å²) in [6, 6.07) is 87.9. The second-order valence-corrected chi connectivity index (χ2v) is 17.9. The van der Waals surface area contributed by atoms with Gasteiger partial charge < -0.3 is 4.90 Å². The summed E-state index contributed by atoms with van der Waals surface area (Å²) < 4.78 is 2.59. The van der Waals surface area contributed by atoms with Crippen molar-refractivity contribution >= 4 is 80.9 Å². The SMILES string of the molecule is c1ccc(C2(c3ccccc3)c3ccccc3-c3ccc(-c4cc5c6ccc(N(c7ccc8ccccc8c7)c7ccc8ccccc8c7)cc6sc5c5ccccc45)cc32)cc1. The molecule has 1 heterocycles. The number of nitrogens with zero attached hydrogens (tertiary/aromatic N) is 1. The average molecular weight is 818 g/mol. The molecule has 1 aromatic heterocycles. The predicted octanol–water partition coefficient (Wildman–Crippen LogP) is 17.0. The molecular formula is C61H39NS. The van der Waals surface area contributed by atoms with Gasteiger partial charge in [-0.1, -0.05) is 188 Å². The molecule has 0 atom stereocenters. The van der Waals surface area contributed by atoms with Crippen LogP contribution in [0.3, 0.4) is 0 Å². The van der Waals surface area contributed by atoms with Gasteiger partial charge >= 0.3 is 0 Å². The number of hydrogen-bond donors (Lipinski definition) is 0. The first-order valence-electron chi connectivity index (χ1n) is 21.7. The monoisotopic (exact) mass is 817 g/mol. The summed E-state index contributed by atoms with van der Waals surface area (Å²) in [6.45, 7) is 0. The topological polar surface area (TPSA) is 3.24 Å². The third-order valence-corrected chi connectivity index (χ3v) is 14.7. The highest BCUT2D eigenvalue weighted by Gasteiger charge is 2.46. The Bertz CT molecular complexity index is 3630. The molecule has 13 rings (SSSR count). The van der Waals surface area contributed by atoms with Crippen LogP contribution in [0, 0.1) is 0 Å². The van der Waals surface area contributed by atoms with Crippen LogP contribution in [0.5, 0.6) is 0 Å². The van der Waals surface area contributed by atoms with Crippen molar-refractivity contribution in [2.45, 2.75) is 5.41 Å². The van der Waals surface area contributed by atoms with Crippen LogP contribution in [0.15, 0.2) is 237 Å². The van der Waals surface area contributed by atoms with Crippen LogP contribution >= 0.6 is 11.3 Å². The van der Waals surface area contributed by atoms with Gasteiger partial charge in [-0.15, -0.1) is 11.3 Å². The summed E-state index contributed by atoms with van der Waals surface area (Å²) >= 11 is 1.90. The van der Waals surface area contributed by atoms with Crippen LogP contribution in [-0.2, 0) is 5.41 Å². The van der Waals surface area contributed by atoms with E-state index in [0.717, 1.165) is 17.1 Å². The van der Waals surface area contributed by atoms with Crippen molar-refractivity contribution in [3.05, 3.63) is 259 Å². The van der Waals surface area contributed by atoms with E-state index in [-0.39, 0.29) is 0 Å². The zero-order chi connectivity index (χ0) is 41.5. The molecular weight excluding hydrogens is 779 g/mol. The van der Waals surface area contributed by atoms with Gasteiger partial charge in [0, 0.05) is 42.6 Å². The summed E-state index contributed by atoms with van der Waals surface area (Å²) in [5, 5.41) is 10.0. The van der Waals surface area contributed by atoms with Gasteiger partial charge in [-0.25, -0.2) is 0 Å². The highest BCUT2D eigenvalue weighted by atomic mass is 32.1. The largest absolute Gasteiger partial charge is 0.310 e. The summed E-state index contributed by atoms with van der Waals surface area (Å²) in [6.07, 6.45) is 0. The summed E-state index contributed by atoms with van der Waals surface area (Å²) in [5.41, 5.74) is 13.2. The molecule has 0 fully saturated rings. The van der Waals surface area contributed by atoms with Crippen LogP contribution < -0.4 is 4.90 Å². The van der Waals surface area contributed by atoms with Gasteiger partial charge in [-0.3, -0.25) is 0 Å². The van der Waals surface area contributed by atoms with Crippen molar-refractivity contribution in [3.63, 3.8) is 0 Å². The maximum absolute atomic E-state index is 2.50. The van der Waals surface area contributed by atoms with E-state index in [9.17, 15) is 0 Å². The molecule has 0 saturated heterocycles. The fourth-order valence-electron chi connectivity index (χ4n) is 10.7. The normalized spacial score (nSPS) is 12.9. The number of benzene rings is 11. The first-order valence-corrected chi connectivity index (χ1v) is 22.6. The summed E-state index contributed by atoms with van der Waals surface area (Å²) in [4.78, 5) is 2.42. The molecule has 63 heavy (non-hydrogen) atoms. The minimum Gasteiger partial charge on any atom is -0.310 e. The number of hydrogen-bond acceptors (Lipinski definition) is 2. The van der Waals surface area contributed by atoms with Crippen LogP contribution in [0.2, 0.25) is 0 Å². The maximum atomic E-state index is 2.50. The van der Waals surface area contributed by atoms with Crippen molar-refractivity contribution in [2.75, 3.05) is 4.90 Å². The third-order valence-electron chi connectivity index (χ3n) is 13.5. The van der Waals surface area contributed by atoms with E-state index in [1.54, 1.807) is 0 Å². The van der Waals surface area contributed by atoms with Crippen LogP contribution in [-0.4, -0.2) is 0 Å². The number of anilines is 3. The molecule has 2 heteroatoms. The Morgan fingerprint density at radius 2 is 0.857 bits per heavy atom. The Morgan fingerprint density at radius 1 is 0.317 bits per heavy atom. The number of rotatable bonds is 6. The average Bonchev–Trinajstić information content (AvgIpc) is 3.87. The standard InChI is InChI=1S/C61H39NS/c1-3-19-45(20-4-1)61(46-21-5-2-6-22-46)57-26-14-13-24-51(57)52-33-29-44(37-58(52)61)55-39-56-53-34-32-49(38-59(53)63-60(56)54-25-12-11-23-50(54)55)62(47-30-27-40-15-7-9-17-42(40)35-47)48-31-28-41-16-8-10-18-43(41)36-48/h1-39H. The van der Waals surface area contributed by atoms with Crippen molar-refractivity contribution in [1.82, 2.24) is 0 Å². The third kappa shape index (κ3) is 5.48. The van der Waals surface area contributed by atoms with E-state index >= 15 is 0 Å². The van der Waals surface area contributed by atoms with E-state index in [1.807, 2.05) is 11.3 Å². The molecule has 0 N–H and O–H groups in total. The maximum Gasteiger partial charge on any atom is 0.0713 e. The Morgan fingerprint density at radius 3 is 1.54 bits per heavy atom. The molecule has 0 amide bonds. The smallest absolute Gasteiger partial charge is 0.0713 e. The van der Waals surface area contributed by atoms with E-state index in [2.05, 4.69) is 241 Å². The Balaban J connectivity index is 1.01. The molecule has 0 unspecified atom stereocenters. The van der Waals surface area contributed by atoms with Crippen molar-refractivity contribution in [2.24, 2.45) is 0 Å². The highest BCUT2D eigenvalue weighted by Crippen LogP contribution is 2.57. The molecule has 0 aliphatic heterocycles. The molecule has 1 nitrogen and oxygen atoms in total. The zero-order valence-electron chi connectivity index (χ0n) is 34.4. The lowest BCUT2D eigenvalue weighted by atomic mass is 9.67. The predicted molar refractivity (Wildman–Crippen MR) is 269 cm³/mol. The molecule has 12 aromatic rings. The molecule has 0 radical (unpaired) electrons. The van der Waals surface area contributed by atoms with Crippen molar-refractivity contribution in [1.29, 1.82) is 0 Å².